The molecule has 11 aromatic rings. The van der Waals surface area contributed by atoms with Crippen molar-refractivity contribution in [3.63, 3.8) is 0 Å². The first-order chi connectivity index (χ1) is 29.2. The molecule has 7 heteroatoms. The van der Waals surface area contributed by atoms with E-state index in [1.807, 2.05) is 115 Å². The van der Waals surface area contributed by atoms with Crippen LogP contribution in [-0.2, 0) is 0 Å². The van der Waals surface area contributed by atoms with E-state index in [2.05, 4.69) is 78.9 Å². The quantitative estimate of drug-likeness (QED) is 0.160. The van der Waals surface area contributed by atoms with Gasteiger partial charge in [0.1, 0.15) is 11.2 Å². The van der Waals surface area contributed by atoms with Crippen LogP contribution in [0.5, 0.6) is 0 Å². The Bertz CT molecular complexity index is 3240. The summed E-state index contributed by atoms with van der Waals surface area (Å²) < 4.78 is 6.41. The van der Waals surface area contributed by atoms with Crippen LogP contribution in [0.1, 0.15) is 0 Å². The van der Waals surface area contributed by atoms with Crippen molar-refractivity contribution in [3.05, 3.63) is 194 Å². The largest absolute Gasteiger partial charge is 0.434 e. The maximum absolute atomic E-state index is 6.41. The fourth-order valence-corrected chi connectivity index (χ4v) is 7.64. The zero-order valence-electron chi connectivity index (χ0n) is 31.6. The minimum atomic E-state index is 0.528. The monoisotopic (exact) mass is 756 g/mol. The number of rotatable bonds is 7. The van der Waals surface area contributed by atoms with Crippen molar-refractivity contribution in [1.82, 2.24) is 29.9 Å². The number of hydrogen-bond acceptors (Lipinski definition) is 7. The number of aromatic nitrogens is 6. The Kier molecular flexibility index (Phi) is 8.33. The standard InChI is InChI=1S/C52H32N6O/c1-5-14-33(15-6-1)41-31-44-46-47(59-52(44)53-32-41)45(35-16-7-2-8-17-35)54-51(55-46)43-23-13-22-40-30-39(28-29-42(40)43)34-24-26-38(27-25-34)50-57-48(36-18-9-3-10-19-36)56-49(58-50)37-20-11-4-12-21-37/h1-32H. The Labute approximate surface area is 339 Å². The van der Waals surface area contributed by atoms with Gasteiger partial charge < -0.3 is 4.42 Å². The summed E-state index contributed by atoms with van der Waals surface area (Å²) in [6.45, 7) is 0. The summed E-state index contributed by atoms with van der Waals surface area (Å²) in [7, 11) is 0. The van der Waals surface area contributed by atoms with Gasteiger partial charge in [-0.05, 0) is 39.6 Å². The van der Waals surface area contributed by atoms with Gasteiger partial charge in [0.15, 0.2) is 28.9 Å². The van der Waals surface area contributed by atoms with Crippen molar-refractivity contribution < 1.29 is 4.42 Å². The van der Waals surface area contributed by atoms with Crippen molar-refractivity contribution in [3.8, 4) is 79.1 Å². The Balaban J connectivity index is 0.985. The molecule has 0 bridgehead atoms. The lowest BCUT2D eigenvalue weighted by Gasteiger charge is -2.11. The normalized spacial score (nSPS) is 11.4. The Hall–Kier alpha value is -8.16. The molecule has 4 aromatic heterocycles. The molecule has 0 aliphatic heterocycles. The molecule has 11 rings (SSSR count). The van der Waals surface area contributed by atoms with Gasteiger partial charge in [-0.15, -0.1) is 0 Å². The molecule has 0 spiro atoms. The van der Waals surface area contributed by atoms with Crippen molar-refractivity contribution >= 4 is 33.0 Å². The number of hydrogen-bond donors (Lipinski definition) is 0. The second-order valence-corrected chi connectivity index (χ2v) is 14.3. The van der Waals surface area contributed by atoms with Crippen LogP contribution in [0.3, 0.4) is 0 Å². The summed E-state index contributed by atoms with van der Waals surface area (Å²) in [5.74, 6) is 2.51. The molecule has 7 nitrogen and oxygen atoms in total. The summed E-state index contributed by atoms with van der Waals surface area (Å²) >= 11 is 0. The minimum Gasteiger partial charge on any atom is -0.434 e. The lowest BCUT2D eigenvalue weighted by molar-refractivity contribution is 0.653. The van der Waals surface area contributed by atoms with Gasteiger partial charge in [-0.3, -0.25) is 0 Å². The second kappa shape index (κ2) is 14.4. The van der Waals surface area contributed by atoms with Crippen LogP contribution >= 0.6 is 0 Å². The van der Waals surface area contributed by atoms with Crippen LogP contribution in [0.25, 0.3) is 112 Å². The molecule has 59 heavy (non-hydrogen) atoms. The van der Waals surface area contributed by atoms with E-state index < -0.39 is 0 Å². The van der Waals surface area contributed by atoms with Crippen LogP contribution in [0.4, 0.5) is 0 Å². The summed E-state index contributed by atoms with van der Waals surface area (Å²) in [4.78, 5) is 29.8. The second-order valence-electron chi connectivity index (χ2n) is 14.3. The Morgan fingerprint density at radius 3 is 1.49 bits per heavy atom. The average molecular weight is 757 g/mol. The fourth-order valence-electron chi connectivity index (χ4n) is 7.64. The third-order valence-electron chi connectivity index (χ3n) is 10.6. The summed E-state index contributed by atoms with van der Waals surface area (Å²) in [6.07, 6.45) is 1.85. The molecule has 0 saturated carbocycles. The van der Waals surface area contributed by atoms with Crippen molar-refractivity contribution in [2.24, 2.45) is 0 Å². The molecule has 0 saturated heterocycles. The highest BCUT2D eigenvalue weighted by atomic mass is 16.3. The van der Waals surface area contributed by atoms with Crippen LogP contribution in [0.2, 0.25) is 0 Å². The lowest BCUT2D eigenvalue weighted by atomic mass is 9.97. The van der Waals surface area contributed by atoms with Gasteiger partial charge in [0.25, 0.3) is 0 Å². The fraction of sp³-hybridized carbons (Fsp3) is 0. The molecule has 0 radical (unpaired) electrons. The number of nitrogens with zero attached hydrogens (tertiary/aromatic N) is 6. The van der Waals surface area contributed by atoms with Crippen LogP contribution in [0.15, 0.2) is 199 Å². The van der Waals surface area contributed by atoms with Crippen molar-refractivity contribution in [1.29, 1.82) is 0 Å². The van der Waals surface area contributed by atoms with Crippen LogP contribution in [0, 0.1) is 0 Å². The van der Waals surface area contributed by atoms with Gasteiger partial charge in [0, 0.05) is 39.6 Å². The maximum atomic E-state index is 6.41. The zero-order valence-corrected chi connectivity index (χ0v) is 31.6. The lowest BCUT2D eigenvalue weighted by Crippen LogP contribution is -2.00. The number of pyridine rings is 1. The van der Waals surface area contributed by atoms with Gasteiger partial charge in [0.05, 0.1) is 5.39 Å². The van der Waals surface area contributed by atoms with E-state index in [9.17, 15) is 0 Å². The molecule has 0 aliphatic rings. The van der Waals surface area contributed by atoms with E-state index in [0.717, 1.165) is 77.4 Å². The SMILES string of the molecule is c1ccc(-c2cnc3oc4c(-c5ccccc5)nc(-c5cccc6cc(-c7ccc(-c8nc(-c9ccccc9)nc(-c9ccccc9)n8)cc7)ccc56)nc4c3c2)cc1. The van der Waals surface area contributed by atoms with Crippen molar-refractivity contribution in [2.75, 3.05) is 0 Å². The molecule has 0 N–H and O–H groups in total. The minimum absolute atomic E-state index is 0.528. The topological polar surface area (TPSA) is 90.5 Å². The molecule has 0 amide bonds. The molecule has 0 fully saturated rings. The summed E-state index contributed by atoms with van der Waals surface area (Å²) in [5, 5.41) is 2.98. The highest BCUT2D eigenvalue weighted by molar-refractivity contribution is 6.08. The number of fused-ring (bicyclic) bond motifs is 4. The van der Waals surface area contributed by atoms with Gasteiger partial charge in [0.2, 0.25) is 5.71 Å². The first kappa shape index (κ1) is 34.1. The van der Waals surface area contributed by atoms with Gasteiger partial charge in [-0.25, -0.2) is 29.9 Å². The highest BCUT2D eigenvalue weighted by Gasteiger charge is 2.21. The first-order valence-electron chi connectivity index (χ1n) is 19.4. The predicted octanol–water partition coefficient (Wildman–Crippen LogP) is 12.8. The van der Waals surface area contributed by atoms with E-state index in [1.165, 1.54) is 0 Å². The predicted molar refractivity (Wildman–Crippen MR) is 236 cm³/mol. The highest BCUT2D eigenvalue weighted by Crippen LogP contribution is 2.38. The van der Waals surface area contributed by atoms with E-state index in [1.54, 1.807) is 0 Å². The molecule has 4 heterocycles. The third-order valence-corrected chi connectivity index (χ3v) is 10.6. The van der Waals surface area contributed by atoms with Crippen LogP contribution < -0.4 is 0 Å². The summed E-state index contributed by atoms with van der Waals surface area (Å²) in [6, 6.07) is 63.8. The Morgan fingerprint density at radius 2 is 0.864 bits per heavy atom. The Morgan fingerprint density at radius 1 is 0.339 bits per heavy atom. The first-order valence-corrected chi connectivity index (χ1v) is 19.4. The van der Waals surface area contributed by atoms with E-state index in [0.29, 0.717) is 34.6 Å². The average Bonchev–Trinajstić information content (AvgIpc) is 3.70. The molecular formula is C52H32N6O. The molecule has 0 unspecified atom stereocenters. The van der Waals surface area contributed by atoms with Crippen LogP contribution in [-0.4, -0.2) is 29.9 Å². The van der Waals surface area contributed by atoms with Crippen molar-refractivity contribution in [2.45, 2.75) is 0 Å². The van der Waals surface area contributed by atoms with E-state index in [-0.39, 0.29) is 0 Å². The maximum Gasteiger partial charge on any atom is 0.229 e. The van der Waals surface area contributed by atoms with E-state index in [4.69, 9.17) is 34.3 Å². The molecule has 276 valence electrons. The van der Waals surface area contributed by atoms with Gasteiger partial charge >= 0.3 is 0 Å². The molecule has 0 aliphatic carbocycles. The summed E-state index contributed by atoms with van der Waals surface area (Å²) in [5.41, 5.74) is 11.5. The third kappa shape index (κ3) is 6.37. The molecule has 7 aromatic carbocycles. The molecule has 0 atom stereocenters. The number of furan rings is 1. The zero-order chi connectivity index (χ0) is 39.1. The van der Waals surface area contributed by atoms with Gasteiger partial charge in [-0.2, -0.15) is 0 Å². The van der Waals surface area contributed by atoms with E-state index >= 15 is 0 Å². The van der Waals surface area contributed by atoms with Gasteiger partial charge in [-0.1, -0.05) is 176 Å². The number of benzene rings is 7. The molecular weight excluding hydrogens is 725 g/mol. The smallest absolute Gasteiger partial charge is 0.229 e.